The fraction of sp³-hybridized carbons (Fsp3) is 0.538. The van der Waals surface area contributed by atoms with Crippen molar-refractivity contribution in [1.29, 1.82) is 0 Å². The zero-order valence-electron chi connectivity index (χ0n) is 9.79. The van der Waals surface area contributed by atoms with E-state index in [0.29, 0.717) is 5.92 Å². The Kier molecular flexibility index (Phi) is 3.53. The zero-order valence-corrected chi connectivity index (χ0v) is 10.6. The summed E-state index contributed by atoms with van der Waals surface area (Å²) in [4.78, 5) is 0. The van der Waals surface area contributed by atoms with Gasteiger partial charge in [0.15, 0.2) is 0 Å². The van der Waals surface area contributed by atoms with Crippen LogP contribution in [0.25, 0.3) is 0 Å². The van der Waals surface area contributed by atoms with Gasteiger partial charge in [-0.05, 0) is 30.5 Å². The Morgan fingerprint density at radius 3 is 3.00 bits per heavy atom. The zero-order chi connectivity index (χ0) is 11.6. The van der Waals surface area contributed by atoms with Gasteiger partial charge in [-0.2, -0.15) is 0 Å². The van der Waals surface area contributed by atoms with Crippen molar-refractivity contribution >= 4 is 11.6 Å². The molecule has 88 valence electrons. The van der Waals surface area contributed by atoms with Crippen LogP contribution in [0.3, 0.4) is 0 Å². The topological polar surface area (TPSA) is 21.3 Å². The molecule has 0 radical (unpaired) electrons. The van der Waals surface area contributed by atoms with Crippen LogP contribution in [0.4, 0.5) is 0 Å². The summed E-state index contributed by atoms with van der Waals surface area (Å²) in [6.45, 7) is 6.12. The highest BCUT2D eigenvalue weighted by Gasteiger charge is 2.29. The molecule has 16 heavy (non-hydrogen) atoms. The lowest BCUT2D eigenvalue weighted by atomic mass is 10.0. The van der Waals surface area contributed by atoms with E-state index < -0.39 is 0 Å². The number of rotatable bonds is 2. The van der Waals surface area contributed by atoms with Crippen molar-refractivity contribution in [2.45, 2.75) is 26.0 Å². The molecule has 0 aliphatic carbocycles. The monoisotopic (exact) mass is 239 g/mol. The Morgan fingerprint density at radius 2 is 2.38 bits per heavy atom. The summed E-state index contributed by atoms with van der Waals surface area (Å²) in [7, 11) is 0. The molecule has 1 heterocycles. The lowest BCUT2D eigenvalue weighted by Gasteiger charge is -2.38. The van der Waals surface area contributed by atoms with Gasteiger partial charge >= 0.3 is 0 Å². The highest BCUT2D eigenvalue weighted by Crippen LogP contribution is 2.21. The molecule has 1 fully saturated rings. The van der Waals surface area contributed by atoms with E-state index in [4.69, 9.17) is 16.3 Å². The van der Waals surface area contributed by atoms with E-state index in [9.17, 15) is 0 Å². The summed E-state index contributed by atoms with van der Waals surface area (Å²) in [5.74, 6) is 0.590. The molecule has 2 unspecified atom stereocenters. The van der Waals surface area contributed by atoms with Gasteiger partial charge < -0.3 is 4.74 Å². The molecule has 1 saturated heterocycles. The molecule has 0 saturated carbocycles. The molecule has 0 amide bonds. The molecule has 2 atom stereocenters. The summed E-state index contributed by atoms with van der Waals surface area (Å²) in [6.07, 6.45) is 0.848. The van der Waals surface area contributed by atoms with Crippen LogP contribution in [0.2, 0.25) is 5.02 Å². The average molecular weight is 240 g/mol. The first-order chi connectivity index (χ1) is 7.57. The Morgan fingerprint density at radius 1 is 1.56 bits per heavy atom. The molecule has 1 aliphatic heterocycles. The second-order valence-electron chi connectivity index (χ2n) is 4.83. The fourth-order valence-corrected chi connectivity index (χ4v) is 2.19. The predicted octanol–water partition coefficient (Wildman–Crippen LogP) is 2.85. The van der Waals surface area contributed by atoms with Crippen LogP contribution in [0.5, 0.6) is 0 Å². The molecule has 3 heteroatoms. The van der Waals surface area contributed by atoms with E-state index in [-0.39, 0.29) is 5.72 Å². The maximum absolute atomic E-state index is 5.97. The third-order valence-corrected chi connectivity index (χ3v) is 3.18. The minimum absolute atomic E-state index is 0.253. The van der Waals surface area contributed by atoms with E-state index in [1.54, 1.807) is 0 Å². The number of hydrogen-bond acceptors (Lipinski definition) is 2. The van der Waals surface area contributed by atoms with E-state index in [1.165, 1.54) is 5.56 Å². The molecular formula is C13H18ClNO. The minimum atomic E-state index is -0.253. The van der Waals surface area contributed by atoms with Gasteiger partial charge in [-0.3, -0.25) is 5.32 Å². The Balaban J connectivity index is 2.03. The standard InChI is InChI=1S/C13H18ClNO/c1-10-8-15-13(2,16-9-10)7-11-4-3-5-12(14)6-11/h3-6,10,15H,7-9H2,1-2H3. The number of nitrogens with one attached hydrogen (secondary N) is 1. The summed E-state index contributed by atoms with van der Waals surface area (Å²) >= 11 is 5.97. The molecule has 1 aromatic carbocycles. The molecule has 0 spiro atoms. The van der Waals surface area contributed by atoms with Crippen LogP contribution in [-0.4, -0.2) is 18.9 Å². The van der Waals surface area contributed by atoms with Crippen LogP contribution < -0.4 is 5.32 Å². The maximum Gasteiger partial charge on any atom is 0.120 e. The van der Waals surface area contributed by atoms with Crippen LogP contribution in [0.1, 0.15) is 19.4 Å². The van der Waals surface area contributed by atoms with Crippen LogP contribution >= 0.6 is 11.6 Å². The second kappa shape index (κ2) is 4.74. The van der Waals surface area contributed by atoms with E-state index >= 15 is 0 Å². The van der Waals surface area contributed by atoms with Crippen molar-refractivity contribution in [3.05, 3.63) is 34.9 Å². The predicted molar refractivity (Wildman–Crippen MR) is 66.7 cm³/mol. The van der Waals surface area contributed by atoms with Crippen LogP contribution in [-0.2, 0) is 11.2 Å². The first-order valence-electron chi connectivity index (χ1n) is 5.71. The third-order valence-electron chi connectivity index (χ3n) is 2.94. The van der Waals surface area contributed by atoms with Gasteiger partial charge in [-0.25, -0.2) is 0 Å². The third kappa shape index (κ3) is 2.97. The van der Waals surface area contributed by atoms with Crippen molar-refractivity contribution in [3.8, 4) is 0 Å². The van der Waals surface area contributed by atoms with Gasteiger partial charge in [0.05, 0.1) is 6.61 Å². The van der Waals surface area contributed by atoms with E-state index in [1.807, 2.05) is 18.2 Å². The first kappa shape index (κ1) is 11.9. The summed E-state index contributed by atoms with van der Waals surface area (Å²) in [6, 6.07) is 7.95. The van der Waals surface area contributed by atoms with Crippen molar-refractivity contribution in [3.63, 3.8) is 0 Å². The molecule has 2 nitrogen and oxygen atoms in total. The lowest BCUT2D eigenvalue weighted by Crippen LogP contribution is -2.53. The molecule has 1 aliphatic rings. The SMILES string of the molecule is CC1CNC(C)(Cc2cccc(Cl)c2)OC1. The Hall–Kier alpha value is -0.570. The van der Waals surface area contributed by atoms with Gasteiger partial charge in [0.25, 0.3) is 0 Å². The molecular weight excluding hydrogens is 222 g/mol. The van der Waals surface area contributed by atoms with Crippen molar-refractivity contribution in [1.82, 2.24) is 5.32 Å². The fourth-order valence-electron chi connectivity index (χ4n) is 1.98. The van der Waals surface area contributed by atoms with Crippen molar-refractivity contribution in [2.24, 2.45) is 5.92 Å². The van der Waals surface area contributed by atoms with Crippen LogP contribution in [0.15, 0.2) is 24.3 Å². The normalized spacial score (nSPS) is 30.3. The first-order valence-corrected chi connectivity index (χ1v) is 6.09. The highest BCUT2D eigenvalue weighted by molar-refractivity contribution is 6.30. The van der Waals surface area contributed by atoms with Gasteiger partial charge in [0.1, 0.15) is 5.72 Å². The largest absolute Gasteiger partial charge is 0.360 e. The molecule has 2 rings (SSSR count). The number of halogens is 1. The van der Waals surface area contributed by atoms with Crippen LogP contribution in [0, 0.1) is 5.92 Å². The second-order valence-corrected chi connectivity index (χ2v) is 5.27. The number of benzene rings is 1. The summed E-state index contributed by atoms with van der Waals surface area (Å²) < 4.78 is 5.87. The van der Waals surface area contributed by atoms with Gasteiger partial charge in [-0.1, -0.05) is 30.7 Å². The molecule has 1 aromatic rings. The lowest BCUT2D eigenvalue weighted by molar-refractivity contribution is -0.0997. The quantitative estimate of drug-likeness (QED) is 0.857. The summed E-state index contributed by atoms with van der Waals surface area (Å²) in [5.41, 5.74) is 0.953. The average Bonchev–Trinajstić information content (AvgIpc) is 2.23. The van der Waals surface area contributed by atoms with Gasteiger partial charge in [0, 0.05) is 18.0 Å². The smallest absolute Gasteiger partial charge is 0.120 e. The number of ether oxygens (including phenoxy) is 1. The highest BCUT2D eigenvalue weighted by atomic mass is 35.5. The molecule has 0 bridgehead atoms. The summed E-state index contributed by atoms with van der Waals surface area (Å²) in [5, 5.41) is 4.23. The van der Waals surface area contributed by atoms with E-state index in [2.05, 4.69) is 25.2 Å². The minimum Gasteiger partial charge on any atom is -0.360 e. The van der Waals surface area contributed by atoms with E-state index in [0.717, 1.165) is 24.6 Å². The van der Waals surface area contributed by atoms with Gasteiger partial charge in [-0.15, -0.1) is 0 Å². The Labute approximate surface area is 102 Å². The molecule has 1 N–H and O–H groups in total. The maximum atomic E-state index is 5.97. The van der Waals surface area contributed by atoms with Gasteiger partial charge in [0.2, 0.25) is 0 Å². The Bertz CT molecular complexity index is 359. The van der Waals surface area contributed by atoms with Crippen molar-refractivity contribution < 1.29 is 4.74 Å². The van der Waals surface area contributed by atoms with Crippen molar-refractivity contribution in [2.75, 3.05) is 13.2 Å². The molecule has 0 aromatic heterocycles. The number of hydrogen-bond donors (Lipinski definition) is 1.